The Hall–Kier alpha value is -1.42. The number of aryl methyl sites for hydroxylation is 1. The van der Waals surface area contributed by atoms with Crippen molar-refractivity contribution < 1.29 is 9.53 Å². The molecule has 5 heteroatoms. The van der Waals surface area contributed by atoms with Crippen LogP contribution in [0.5, 0.6) is 5.75 Å². The number of hydrogen-bond acceptors (Lipinski definition) is 2. The maximum Gasteiger partial charge on any atom is 0.318 e. The molecule has 1 N–H and O–H groups in total. The number of amides is 2. The van der Waals surface area contributed by atoms with E-state index in [4.69, 9.17) is 16.3 Å². The van der Waals surface area contributed by atoms with E-state index in [1.165, 1.54) is 0 Å². The summed E-state index contributed by atoms with van der Waals surface area (Å²) in [6.07, 6.45) is 0. The van der Waals surface area contributed by atoms with E-state index in [1.807, 2.05) is 26.0 Å². The first-order chi connectivity index (χ1) is 8.56. The summed E-state index contributed by atoms with van der Waals surface area (Å²) in [5.41, 5.74) is 1.91. The molecule has 1 saturated heterocycles. The molecular formula is C13H17ClN2O2. The van der Waals surface area contributed by atoms with E-state index in [2.05, 4.69) is 5.32 Å². The Kier molecular flexibility index (Phi) is 3.66. The highest BCUT2D eigenvalue weighted by molar-refractivity contribution is 6.30. The molecule has 1 unspecified atom stereocenters. The fourth-order valence-electron chi connectivity index (χ4n) is 2.33. The largest absolute Gasteiger partial charge is 0.496 e. The fraction of sp³-hybridized carbons (Fsp3) is 0.462. The minimum atomic E-state index is -0.0650. The molecule has 0 bridgehead atoms. The quantitative estimate of drug-likeness (QED) is 0.916. The van der Waals surface area contributed by atoms with Crippen LogP contribution in [-0.2, 0) is 0 Å². The number of halogens is 1. The van der Waals surface area contributed by atoms with E-state index in [0.717, 1.165) is 16.9 Å². The SMILES string of the molecule is CCN1CC(c2cc(Cl)cc(C)c2OC)NC1=O. The van der Waals surface area contributed by atoms with E-state index in [0.29, 0.717) is 18.1 Å². The topological polar surface area (TPSA) is 41.6 Å². The molecule has 1 heterocycles. The second-order valence-electron chi connectivity index (χ2n) is 4.39. The Morgan fingerprint density at radius 1 is 1.56 bits per heavy atom. The third kappa shape index (κ3) is 2.25. The lowest BCUT2D eigenvalue weighted by molar-refractivity contribution is 0.219. The minimum Gasteiger partial charge on any atom is -0.496 e. The molecule has 2 rings (SSSR count). The predicted octanol–water partition coefficient (Wildman–Crippen LogP) is 2.74. The van der Waals surface area contributed by atoms with Gasteiger partial charge in [-0.3, -0.25) is 0 Å². The summed E-state index contributed by atoms with van der Waals surface area (Å²) in [6, 6.07) is 3.61. The molecule has 1 aromatic carbocycles. The van der Waals surface area contributed by atoms with E-state index in [9.17, 15) is 4.79 Å². The summed E-state index contributed by atoms with van der Waals surface area (Å²) in [5.74, 6) is 0.794. The molecule has 1 atom stereocenters. The van der Waals surface area contributed by atoms with Gasteiger partial charge in [0.2, 0.25) is 0 Å². The Labute approximate surface area is 112 Å². The first-order valence-electron chi connectivity index (χ1n) is 5.96. The Balaban J connectivity index is 2.37. The molecule has 1 aliphatic heterocycles. The van der Waals surface area contributed by atoms with Gasteiger partial charge in [0.15, 0.2) is 0 Å². The van der Waals surface area contributed by atoms with Gasteiger partial charge in [0.05, 0.1) is 13.2 Å². The third-order valence-electron chi connectivity index (χ3n) is 3.22. The van der Waals surface area contributed by atoms with Crippen molar-refractivity contribution in [2.75, 3.05) is 20.2 Å². The molecule has 0 spiro atoms. The van der Waals surface area contributed by atoms with Crippen molar-refractivity contribution in [3.05, 3.63) is 28.3 Å². The van der Waals surface area contributed by atoms with Crippen LogP contribution in [0.4, 0.5) is 4.79 Å². The molecule has 2 amide bonds. The first kappa shape index (κ1) is 13.0. The summed E-state index contributed by atoms with van der Waals surface area (Å²) in [6.45, 7) is 5.25. The smallest absolute Gasteiger partial charge is 0.318 e. The number of methoxy groups -OCH3 is 1. The lowest BCUT2D eigenvalue weighted by Crippen LogP contribution is -2.27. The van der Waals surface area contributed by atoms with Crippen LogP contribution < -0.4 is 10.1 Å². The van der Waals surface area contributed by atoms with Gasteiger partial charge in [-0.15, -0.1) is 0 Å². The summed E-state index contributed by atoms with van der Waals surface area (Å²) in [4.78, 5) is 13.5. The molecular weight excluding hydrogens is 252 g/mol. The van der Waals surface area contributed by atoms with Crippen LogP contribution in [0.1, 0.15) is 24.1 Å². The molecule has 1 aliphatic rings. The molecule has 1 aromatic rings. The van der Waals surface area contributed by atoms with Gasteiger partial charge in [0, 0.05) is 23.7 Å². The number of rotatable bonds is 3. The van der Waals surface area contributed by atoms with Crippen molar-refractivity contribution in [1.82, 2.24) is 10.2 Å². The van der Waals surface area contributed by atoms with Crippen LogP contribution in [0.2, 0.25) is 5.02 Å². The Bertz CT molecular complexity index is 476. The van der Waals surface area contributed by atoms with Gasteiger partial charge in [-0.1, -0.05) is 11.6 Å². The highest BCUT2D eigenvalue weighted by atomic mass is 35.5. The van der Waals surface area contributed by atoms with E-state index in [1.54, 1.807) is 12.0 Å². The zero-order valence-electron chi connectivity index (χ0n) is 10.8. The lowest BCUT2D eigenvalue weighted by atomic mass is 10.0. The highest BCUT2D eigenvalue weighted by Gasteiger charge is 2.31. The molecule has 4 nitrogen and oxygen atoms in total. The number of likely N-dealkylation sites (N-methyl/N-ethyl adjacent to an activating group) is 1. The number of hydrogen-bond donors (Lipinski definition) is 1. The first-order valence-corrected chi connectivity index (χ1v) is 6.34. The molecule has 1 fully saturated rings. The highest BCUT2D eigenvalue weighted by Crippen LogP contribution is 2.34. The van der Waals surface area contributed by atoms with Gasteiger partial charge >= 0.3 is 6.03 Å². The second-order valence-corrected chi connectivity index (χ2v) is 4.82. The van der Waals surface area contributed by atoms with Crippen LogP contribution in [0.3, 0.4) is 0 Å². The van der Waals surface area contributed by atoms with Gasteiger partial charge in [0.1, 0.15) is 5.75 Å². The average Bonchev–Trinajstić information content (AvgIpc) is 2.69. The van der Waals surface area contributed by atoms with Crippen molar-refractivity contribution in [3.63, 3.8) is 0 Å². The normalized spacial score (nSPS) is 19.0. The molecule has 98 valence electrons. The zero-order chi connectivity index (χ0) is 13.3. The predicted molar refractivity (Wildman–Crippen MR) is 71.3 cm³/mol. The van der Waals surface area contributed by atoms with Gasteiger partial charge in [-0.2, -0.15) is 0 Å². The number of nitrogens with zero attached hydrogens (tertiary/aromatic N) is 1. The number of urea groups is 1. The van der Waals surface area contributed by atoms with Crippen LogP contribution in [-0.4, -0.2) is 31.1 Å². The van der Waals surface area contributed by atoms with Crippen molar-refractivity contribution in [1.29, 1.82) is 0 Å². The third-order valence-corrected chi connectivity index (χ3v) is 3.44. The van der Waals surface area contributed by atoms with Crippen molar-refractivity contribution >= 4 is 17.6 Å². The maximum absolute atomic E-state index is 11.7. The number of nitrogens with one attached hydrogen (secondary N) is 1. The Morgan fingerprint density at radius 3 is 2.83 bits per heavy atom. The minimum absolute atomic E-state index is 0.0396. The second kappa shape index (κ2) is 5.06. The number of ether oxygens (including phenoxy) is 1. The van der Waals surface area contributed by atoms with E-state index < -0.39 is 0 Å². The summed E-state index contributed by atoms with van der Waals surface area (Å²) in [7, 11) is 1.63. The Morgan fingerprint density at radius 2 is 2.28 bits per heavy atom. The lowest BCUT2D eigenvalue weighted by Gasteiger charge is -2.17. The van der Waals surface area contributed by atoms with Gasteiger partial charge in [-0.05, 0) is 31.5 Å². The van der Waals surface area contributed by atoms with E-state index in [-0.39, 0.29) is 12.1 Å². The zero-order valence-corrected chi connectivity index (χ0v) is 11.5. The summed E-state index contributed by atoms with van der Waals surface area (Å²) >= 11 is 6.08. The number of benzene rings is 1. The maximum atomic E-state index is 11.7. The standard InChI is InChI=1S/C13H17ClN2O2/c1-4-16-7-11(15-13(16)17)10-6-9(14)5-8(2)12(10)18-3/h5-6,11H,4,7H2,1-3H3,(H,15,17). The van der Waals surface area contributed by atoms with Crippen LogP contribution in [0.15, 0.2) is 12.1 Å². The molecule has 0 aliphatic carbocycles. The molecule has 0 radical (unpaired) electrons. The van der Waals surface area contributed by atoms with Crippen LogP contribution >= 0.6 is 11.6 Å². The summed E-state index contributed by atoms with van der Waals surface area (Å²) < 4.78 is 5.42. The fourth-order valence-corrected chi connectivity index (χ4v) is 2.61. The molecule has 18 heavy (non-hydrogen) atoms. The summed E-state index contributed by atoms with van der Waals surface area (Å²) in [5, 5.41) is 3.61. The van der Waals surface area contributed by atoms with Crippen molar-refractivity contribution in [3.8, 4) is 5.75 Å². The van der Waals surface area contributed by atoms with Crippen LogP contribution in [0.25, 0.3) is 0 Å². The number of carbonyl (C=O) groups is 1. The number of carbonyl (C=O) groups excluding carboxylic acids is 1. The van der Waals surface area contributed by atoms with Gasteiger partial charge in [0.25, 0.3) is 0 Å². The van der Waals surface area contributed by atoms with Gasteiger partial charge < -0.3 is 15.0 Å². The average molecular weight is 269 g/mol. The molecule has 0 saturated carbocycles. The van der Waals surface area contributed by atoms with E-state index >= 15 is 0 Å². The van der Waals surface area contributed by atoms with Crippen LogP contribution in [0, 0.1) is 6.92 Å². The molecule has 0 aromatic heterocycles. The van der Waals surface area contributed by atoms with Crippen molar-refractivity contribution in [2.24, 2.45) is 0 Å². The van der Waals surface area contributed by atoms with Crippen molar-refractivity contribution in [2.45, 2.75) is 19.9 Å². The monoisotopic (exact) mass is 268 g/mol. The van der Waals surface area contributed by atoms with Gasteiger partial charge in [-0.25, -0.2) is 4.79 Å².